The highest BCUT2D eigenvalue weighted by Crippen LogP contribution is 2.30. The fourth-order valence-corrected chi connectivity index (χ4v) is 3.06. The van der Waals surface area contributed by atoms with E-state index in [4.69, 9.17) is 9.47 Å². The van der Waals surface area contributed by atoms with E-state index in [-0.39, 0.29) is 0 Å². The van der Waals surface area contributed by atoms with Gasteiger partial charge in [0.15, 0.2) is 5.92 Å². The number of carbonyl (C=O) groups is 2. The molecule has 0 unspecified atom stereocenters. The number of carbonyl (C=O) groups excluding carboxylic acids is 2. The van der Waals surface area contributed by atoms with Crippen LogP contribution in [-0.2, 0) is 19.1 Å². The van der Waals surface area contributed by atoms with E-state index in [1.807, 2.05) is 60.7 Å². The Morgan fingerprint density at radius 3 is 1.77 bits per heavy atom. The third-order valence-electron chi connectivity index (χ3n) is 3.89. The number of hydrogen-bond acceptors (Lipinski definition) is 4. The van der Waals surface area contributed by atoms with Crippen molar-refractivity contribution in [1.29, 1.82) is 0 Å². The zero-order valence-electron chi connectivity index (χ0n) is 14.3. The standard InChI is InChI=1S/C20H18Br2O4/c1-25-19(23)18(20(24)26-2)17(14-6-10-16(22)11-7-14)12-5-13-3-8-15(21)9-4-13/h3-12,17-18H,1-2H3/b12-5+/t17-/m1/s1. The average Bonchev–Trinajstić information content (AvgIpc) is 2.66. The molecule has 0 saturated carbocycles. The molecule has 0 radical (unpaired) electrons. The molecule has 2 aromatic carbocycles. The van der Waals surface area contributed by atoms with Crippen LogP contribution in [0.1, 0.15) is 17.0 Å². The summed E-state index contributed by atoms with van der Waals surface area (Å²) in [7, 11) is 2.52. The monoisotopic (exact) mass is 480 g/mol. The van der Waals surface area contributed by atoms with Crippen molar-refractivity contribution in [2.45, 2.75) is 5.92 Å². The molecule has 0 aliphatic carbocycles. The molecule has 26 heavy (non-hydrogen) atoms. The van der Waals surface area contributed by atoms with Crippen LogP contribution in [0.3, 0.4) is 0 Å². The summed E-state index contributed by atoms with van der Waals surface area (Å²) in [4.78, 5) is 24.6. The van der Waals surface area contributed by atoms with Crippen LogP contribution in [0.4, 0.5) is 0 Å². The van der Waals surface area contributed by atoms with Crippen molar-refractivity contribution in [3.63, 3.8) is 0 Å². The third-order valence-corrected chi connectivity index (χ3v) is 4.95. The van der Waals surface area contributed by atoms with Crippen molar-refractivity contribution in [2.24, 2.45) is 5.92 Å². The van der Waals surface area contributed by atoms with E-state index < -0.39 is 23.8 Å². The Morgan fingerprint density at radius 1 is 0.846 bits per heavy atom. The second kappa shape index (κ2) is 9.69. The molecule has 1 atom stereocenters. The van der Waals surface area contributed by atoms with Gasteiger partial charge in [-0.1, -0.05) is 68.3 Å². The molecular weight excluding hydrogens is 464 g/mol. The van der Waals surface area contributed by atoms with Gasteiger partial charge in [0.1, 0.15) is 0 Å². The average molecular weight is 482 g/mol. The molecule has 0 saturated heterocycles. The SMILES string of the molecule is COC(=O)C(C(=O)OC)[C@H](/C=C/c1ccc(Br)cc1)c1ccc(Br)cc1. The highest BCUT2D eigenvalue weighted by Gasteiger charge is 2.36. The van der Waals surface area contributed by atoms with Crippen LogP contribution in [0.2, 0.25) is 0 Å². The second-order valence-corrected chi connectivity index (χ2v) is 7.34. The first-order valence-corrected chi connectivity index (χ1v) is 9.39. The van der Waals surface area contributed by atoms with Gasteiger partial charge in [0, 0.05) is 14.9 Å². The molecule has 6 heteroatoms. The van der Waals surface area contributed by atoms with Crippen LogP contribution in [0.25, 0.3) is 6.08 Å². The van der Waals surface area contributed by atoms with Gasteiger partial charge in [-0.05, 0) is 35.4 Å². The molecule has 2 aromatic rings. The number of esters is 2. The Balaban J connectivity index is 2.46. The number of methoxy groups -OCH3 is 2. The zero-order valence-corrected chi connectivity index (χ0v) is 17.5. The molecule has 136 valence electrons. The fraction of sp³-hybridized carbons (Fsp3) is 0.200. The molecule has 2 rings (SSSR count). The molecule has 0 spiro atoms. The first kappa shape index (κ1) is 20.4. The normalized spacial score (nSPS) is 12.2. The molecule has 0 aliphatic heterocycles. The summed E-state index contributed by atoms with van der Waals surface area (Å²) in [6.07, 6.45) is 3.70. The summed E-state index contributed by atoms with van der Waals surface area (Å²) in [5.74, 6) is -2.88. The Morgan fingerprint density at radius 2 is 1.31 bits per heavy atom. The fourth-order valence-electron chi connectivity index (χ4n) is 2.53. The summed E-state index contributed by atoms with van der Waals surface area (Å²) in [5.41, 5.74) is 1.76. The number of rotatable bonds is 6. The number of halogens is 2. The lowest BCUT2D eigenvalue weighted by molar-refractivity contribution is -0.159. The first-order chi connectivity index (χ1) is 12.5. The molecular formula is C20H18Br2O4. The van der Waals surface area contributed by atoms with Crippen LogP contribution in [0.15, 0.2) is 63.6 Å². The van der Waals surface area contributed by atoms with Crippen molar-refractivity contribution in [3.8, 4) is 0 Å². The molecule has 0 fully saturated rings. The van der Waals surface area contributed by atoms with Gasteiger partial charge in [0.2, 0.25) is 0 Å². The van der Waals surface area contributed by atoms with E-state index in [2.05, 4.69) is 31.9 Å². The van der Waals surface area contributed by atoms with Crippen LogP contribution < -0.4 is 0 Å². The van der Waals surface area contributed by atoms with Crippen molar-refractivity contribution in [2.75, 3.05) is 14.2 Å². The Labute approximate surface area is 169 Å². The summed E-state index contributed by atoms with van der Waals surface area (Å²) < 4.78 is 11.6. The van der Waals surface area contributed by atoms with Crippen LogP contribution in [0, 0.1) is 5.92 Å². The molecule has 0 bridgehead atoms. The zero-order chi connectivity index (χ0) is 19.1. The smallest absolute Gasteiger partial charge is 0.321 e. The van der Waals surface area contributed by atoms with Gasteiger partial charge in [-0.25, -0.2) is 0 Å². The van der Waals surface area contributed by atoms with Gasteiger partial charge in [-0.3, -0.25) is 9.59 Å². The number of benzene rings is 2. The van der Waals surface area contributed by atoms with E-state index in [0.717, 1.165) is 20.1 Å². The summed E-state index contributed by atoms with van der Waals surface area (Å²) in [6, 6.07) is 15.2. The molecule has 0 amide bonds. The van der Waals surface area contributed by atoms with E-state index in [1.54, 1.807) is 0 Å². The minimum atomic E-state index is -1.09. The first-order valence-electron chi connectivity index (χ1n) is 7.81. The predicted molar refractivity (Wildman–Crippen MR) is 108 cm³/mol. The Bertz CT molecular complexity index is 766. The van der Waals surface area contributed by atoms with Crippen molar-refractivity contribution in [3.05, 3.63) is 74.7 Å². The summed E-state index contributed by atoms with van der Waals surface area (Å²) >= 11 is 6.79. The lowest BCUT2D eigenvalue weighted by atomic mass is 9.85. The second-order valence-electron chi connectivity index (χ2n) is 5.51. The maximum absolute atomic E-state index is 12.3. The maximum atomic E-state index is 12.3. The Kier molecular flexibility index (Phi) is 7.60. The predicted octanol–water partition coefficient (Wildman–Crippen LogP) is 4.97. The van der Waals surface area contributed by atoms with Crippen LogP contribution in [0.5, 0.6) is 0 Å². The largest absolute Gasteiger partial charge is 0.468 e. The quantitative estimate of drug-likeness (QED) is 0.431. The van der Waals surface area contributed by atoms with Crippen LogP contribution >= 0.6 is 31.9 Å². The van der Waals surface area contributed by atoms with Crippen molar-refractivity contribution >= 4 is 49.9 Å². The van der Waals surface area contributed by atoms with Gasteiger partial charge in [0.05, 0.1) is 14.2 Å². The van der Waals surface area contributed by atoms with E-state index in [9.17, 15) is 9.59 Å². The van der Waals surface area contributed by atoms with Crippen molar-refractivity contribution < 1.29 is 19.1 Å². The van der Waals surface area contributed by atoms with Crippen LogP contribution in [-0.4, -0.2) is 26.2 Å². The number of allylic oxidation sites excluding steroid dienone is 1. The van der Waals surface area contributed by atoms with E-state index >= 15 is 0 Å². The molecule has 4 nitrogen and oxygen atoms in total. The third kappa shape index (κ3) is 5.29. The molecule has 0 N–H and O–H groups in total. The van der Waals surface area contributed by atoms with Gasteiger partial charge < -0.3 is 9.47 Å². The summed E-state index contributed by atoms with van der Waals surface area (Å²) in [6.45, 7) is 0. The van der Waals surface area contributed by atoms with Gasteiger partial charge in [-0.2, -0.15) is 0 Å². The highest BCUT2D eigenvalue weighted by molar-refractivity contribution is 9.10. The molecule has 0 aromatic heterocycles. The lowest BCUT2D eigenvalue weighted by Gasteiger charge is -2.21. The van der Waals surface area contributed by atoms with E-state index in [1.165, 1.54) is 14.2 Å². The number of ether oxygens (including phenoxy) is 2. The topological polar surface area (TPSA) is 52.6 Å². The van der Waals surface area contributed by atoms with Gasteiger partial charge >= 0.3 is 11.9 Å². The van der Waals surface area contributed by atoms with Crippen molar-refractivity contribution in [1.82, 2.24) is 0 Å². The molecule has 0 heterocycles. The molecule has 0 aliphatic rings. The van der Waals surface area contributed by atoms with Gasteiger partial charge in [0.25, 0.3) is 0 Å². The number of hydrogen-bond donors (Lipinski definition) is 0. The van der Waals surface area contributed by atoms with Gasteiger partial charge in [-0.15, -0.1) is 0 Å². The van der Waals surface area contributed by atoms with E-state index in [0.29, 0.717) is 0 Å². The summed E-state index contributed by atoms with van der Waals surface area (Å²) in [5, 5.41) is 0. The minimum absolute atomic E-state index is 0.522. The minimum Gasteiger partial charge on any atom is -0.468 e. The maximum Gasteiger partial charge on any atom is 0.321 e. The Hall–Kier alpha value is -1.92. The highest BCUT2D eigenvalue weighted by atomic mass is 79.9. The lowest BCUT2D eigenvalue weighted by Crippen LogP contribution is -2.31.